The molecule has 0 aromatic heterocycles. The Balaban J connectivity index is 0.000000254. The van der Waals surface area contributed by atoms with Crippen LogP contribution in [-0.2, 0) is 25.2 Å². The maximum absolute atomic E-state index is 12.8. The molecule has 0 unspecified atom stereocenters. The number of carbonyl (C=O) groups excluding carboxylic acids is 4. The SMILES string of the molecule is CC(C)(C)c1ccc(C(=O)CC(=O)C2CC2)c([N+](=O)[O-])c1.CCOC=C(C(=O)c1ccc(C(C)(C)C)cc1[N+](=O)[O-])C(=O)C1CC1. The van der Waals surface area contributed by atoms with E-state index >= 15 is 0 Å². The maximum Gasteiger partial charge on any atom is 0.280 e. The third-order valence-electron chi connectivity index (χ3n) is 7.86. The molecule has 0 aliphatic heterocycles. The van der Waals surface area contributed by atoms with Crippen molar-refractivity contribution in [2.24, 2.45) is 11.8 Å². The Morgan fingerprint density at radius 2 is 1.24 bits per heavy atom. The van der Waals surface area contributed by atoms with E-state index in [1.54, 1.807) is 19.1 Å². The number of benzene rings is 2. The maximum atomic E-state index is 12.8. The number of hydrogen-bond donors (Lipinski definition) is 0. The molecule has 46 heavy (non-hydrogen) atoms. The molecule has 2 aromatic carbocycles. The van der Waals surface area contributed by atoms with Crippen LogP contribution in [-0.4, -0.2) is 39.6 Å². The summed E-state index contributed by atoms with van der Waals surface area (Å²) in [4.78, 5) is 70.6. The summed E-state index contributed by atoms with van der Waals surface area (Å²) < 4.78 is 5.14. The van der Waals surface area contributed by atoms with E-state index in [-0.39, 0.29) is 68.7 Å². The summed E-state index contributed by atoms with van der Waals surface area (Å²) >= 11 is 0. The van der Waals surface area contributed by atoms with Gasteiger partial charge in [-0.3, -0.25) is 39.4 Å². The van der Waals surface area contributed by atoms with E-state index in [0.29, 0.717) is 6.61 Å². The molecule has 2 fully saturated rings. The van der Waals surface area contributed by atoms with E-state index < -0.39 is 21.4 Å². The van der Waals surface area contributed by atoms with Gasteiger partial charge in [0.2, 0.25) is 5.78 Å². The summed E-state index contributed by atoms with van der Waals surface area (Å²) in [5.74, 6) is -1.70. The Hall–Kier alpha value is -4.54. The van der Waals surface area contributed by atoms with Crippen molar-refractivity contribution in [2.45, 2.75) is 91.4 Å². The third-order valence-corrected chi connectivity index (χ3v) is 7.86. The summed E-state index contributed by atoms with van der Waals surface area (Å²) in [5, 5.41) is 22.7. The molecular formula is C35H42N2O9. The molecule has 246 valence electrons. The molecule has 0 bridgehead atoms. The average Bonchev–Trinajstić information content (AvgIpc) is 3.89. The van der Waals surface area contributed by atoms with Crippen LogP contribution in [0.4, 0.5) is 11.4 Å². The molecule has 11 heteroatoms. The quantitative estimate of drug-likeness (QED) is 0.0439. The van der Waals surface area contributed by atoms with Gasteiger partial charge in [-0.15, -0.1) is 0 Å². The topological polar surface area (TPSA) is 164 Å². The zero-order chi connectivity index (χ0) is 34.6. The standard InChI is InChI=1S/C19H23NO5.C16H19NO4/c1-5-25-11-15(17(21)12-6-7-12)18(22)14-9-8-13(19(2,3)4)10-16(14)20(23)24;1-16(2,3)11-6-7-12(13(8-11)17(20)21)15(19)9-14(18)10-4-5-10/h8-12H,5-7H2,1-4H3;6-8,10H,4-5,9H2,1-3H3. The number of allylic oxidation sites excluding steroid dienone is 1. The fourth-order valence-corrected chi connectivity index (χ4v) is 4.63. The van der Waals surface area contributed by atoms with E-state index in [2.05, 4.69) is 0 Å². The number of hydrogen-bond acceptors (Lipinski definition) is 9. The summed E-state index contributed by atoms with van der Waals surface area (Å²) in [6, 6.07) is 9.17. The number of carbonyl (C=O) groups is 4. The molecule has 0 radical (unpaired) electrons. The van der Waals surface area contributed by atoms with Crippen LogP contribution < -0.4 is 0 Å². The van der Waals surface area contributed by atoms with Crippen molar-refractivity contribution in [3.05, 3.63) is 90.7 Å². The van der Waals surface area contributed by atoms with Crippen LogP contribution in [0.25, 0.3) is 0 Å². The van der Waals surface area contributed by atoms with Crippen molar-refractivity contribution in [1.29, 1.82) is 0 Å². The van der Waals surface area contributed by atoms with Crippen molar-refractivity contribution in [1.82, 2.24) is 0 Å². The van der Waals surface area contributed by atoms with Gasteiger partial charge in [0.25, 0.3) is 11.4 Å². The molecule has 4 rings (SSSR count). The summed E-state index contributed by atoms with van der Waals surface area (Å²) in [5.41, 5.74) is 0.338. The molecule has 0 spiro atoms. The molecule has 11 nitrogen and oxygen atoms in total. The van der Waals surface area contributed by atoms with Gasteiger partial charge >= 0.3 is 0 Å². The monoisotopic (exact) mass is 634 g/mol. The average molecular weight is 635 g/mol. The lowest BCUT2D eigenvalue weighted by Gasteiger charge is -2.19. The lowest BCUT2D eigenvalue weighted by molar-refractivity contribution is -0.385. The van der Waals surface area contributed by atoms with Crippen LogP contribution in [0.15, 0.2) is 48.2 Å². The van der Waals surface area contributed by atoms with E-state index in [4.69, 9.17) is 4.74 Å². The number of nitro groups is 2. The lowest BCUT2D eigenvalue weighted by atomic mass is 9.85. The second kappa shape index (κ2) is 14.3. The Morgan fingerprint density at radius 3 is 1.65 bits per heavy atom. The number of nitrogens with zero attached hydrogens (tertiary/aromatic N) is 2. The Kier molecular flexibility index (Phi) is 11.1. The first-order chi connectivity index (χ1) is 21.4. The minimum Gasteiger partial charge on any atom is -0.501 e. The van der Waals surface area contributed by atoms with Crippen LogP contribution in [0.5, 0.6) is 0 Å². The highest BCUT2D eigenvalue weighted by molar-refractivity contribution is 6.28. The first-order valence-corrected chi connectivity index (χ1v) is 15.4. The smallest absolute Gasteiger partial charge is 0.280 e. The first kappa shape index (κ1) is 35.9. The number of ketones is 4. The van der Waals surface area contributed by atoms with Gasteiger partial charge in [0.15, 0.2) is 11.6 Å². The predicted octanol–water partition coefficient (Wildman–Crippen LogP) is 7.42. The Bertz CT molecular complexity index is 1580. The number of Topliss-reactive ketones (excluding diaryl/α,β-unsaturated/α-hetero) is 4. The minimum atomic E-state index is -0.655. The molecule has 0 N–H and O–H groups in total. The van der Waals surface area contributed by atoms with Gasteiger partial charge in [-0.2, -0.15) is 0 Å². The van der Waals surface area contributed by atoms with Crippen molar-refractivity contribution in [3.63, 3.8) is 0 Å². The highest BCUT2D eigenvalue weighted by atomic mass is 16.6. The minimum absolute atomic E-state index is 0.0122. The van der Waals surface area contributed by atoms with Gasteiger partial charge in [0.1, 0.15) is 16.9 Å². The molecule has 2 aliphatic carbocycles. The van der Waals surface area contributed by atoms with E-state index in [0.717, 1.165) is 43.1 Å². The van der Waals surface area contributed by atoms with E-state index in [1.165, 1.54) is 24.3 Å². The fraction of sp³-hybridized carbons (Fsp3) is 0.486. The second-order valence-corrected chi connectivity index (χ2v) is 13.8. The van der Waals surface area contributed by atoms with E-state index in [1.807, 2.05) is 41.5 Å². The Labute approximate surface area is 268 Å². The van der Waals surface area contributed by atoms with Crippen LogP contribution >= 0.6 is 0 Å². The zero-order valence-corrected chi connectivity index (χ0v) is 27.5. The van der Waals surface area contributed by atoms with Gasteiger partial charge in [-0.25, -0.2) is 0 Å². The highest BCUT2D eigenvalue weighted by Crippen LogP contribution is 2.36. The molecular weight excluding hydrogens is 592 g/mol. The van der Waals surface area contributed by atoms with Crippen molar-refractivity contribution >= 4 is 34.5 Å². The van der Waals surface area contributed by atoms with Gasteiger partial charge < -0.3 is 4.74 Å². The second-order valence-electron chi connectivity index (χ2n) is 13.8. The molecule has 0 heterocycles. The number of rotatable bonds is 12. The van der Waals surface area contributed by atoms with E-state index in [9.17, 15) is 39.4 Å². The van der Waals surface area contributed by atoms with Crippen molar-refractivity contribution in [3.8, 4) is 0 Å². The fourth-order valence-electron chi connectivity index (χ4n) is 4.63. The van der Waals surface area contributed by atoms with Crippen LogP contribution in [0.3, 0.4) is 0 Å². The summed E-state index contributed by atoms with van der Waals surface area (Å²) in [6.45, 7) is 13.7. The summed E-state index contributed by atoms with van der Waals surface area (Å²) in [6.07, 6.45) is 4.04. The van der Waals surface area contributed by atoms with Gasteiger partial charge in [0.05, 0.1) is 34.7 Å². The number of ether oxygens (including phenoxy) is 1. The lowest BCUT2D eigenvalue weighted by Crippen LogP contribution is -2.18. The molecule has 2 saturated carbocycles. The van der Waals surface area contributed by atoms with Crippen LogP contribution in [0, 0.1) is 32.1 Å². The number of nitro benzene ring substituents is 2. The third kappa shape index (κ3) is 9.24. The zero-order valence-electron chi connectivity index (χ0n) is 27.5. The van der Waals surface area contributed by atoms with Crippen molar-refractivity contribution < 1.29 is 33.8 Å². The highest BCUT2D eigenvalue weighted by Gasteiger charge is 2.37. The van der Waals surface area contributed by atoms with Crippen LogP contribution in [0.1, 0.15) is 112 Å². The van der Waals surface area contributed by atoms with Gasteiger partial charge in [-0.1, -0.05) is 53.7 Å². The van der Waals surface area contributed by atoms with Crippen molar-refractivity contribution in [2.75, 3.05) is 6.61 Å². The molecule has 0 atom stereocenters. The largest absolute Gasteiger partial charge is 0.501 e. The first-order valence-electron chi connectivity index (χ1n) is 15.4. The predicted molar refractivity (Wildman–Crippen MR) is 172 cm³/mol. The molecule has 0 amide bonds. The summed E-state index contributed by atoms with van der Waals surface area (Å²) in [7, 11) is 0. The normalized spacial score (nSPS) is 14.9. The van der Waals surface area contributed by atoms with Crippen LogP contribution in [0.2, 0.25) is 0 Å². The Morgan fingerprint density at radius 1 is 0.783 bits per heavy atom. The molecule has 0 saturated heterocycles. The van der Waals surface area contributed by atoms with Gasteiger partial charge in [0, 0.05) is 24.0 Å². The van der Waals surface area contributed by atoms with Gasteiger partial charge in [-0.05, 0) is 66.7 Å². The molecule has 2 aromatic rings. The molecule has 2 aliphatic rings.